The Kier molecular flexibility index (Phi) is 7.89. The maximum atomic E-state index is 12.5. The van der Waals surface area contributed by atoms with Gasteiger partial charge in [0.2, 0.25) is 11.8 Å². The smallest absolute Gasteiger partial charge is 0.319 e. The maximum Gasteiger partial charge on any atom is 0.319 e. The lowest BCUT2D eigenvalue weighted by molar-refractivity contribution is -0.129. The molecule has 0 spiro atoms. The van der Waals surface area contributed by atoms with Crippen LogP contribution in [0.25, 0.3) is 0 Å². The van der Waals surface area contributed by atoms with Gasteiger partial charge in [-0.3, -0.25) is 14.5 Å². The first-order chi connectivity index (χ1) is 16.0. The minimum atomic E-state index is -0.275. The number of benzene rings is 1. The Labute approximate surface area is 201 Å². The van der Waals surface area contributed by atoms with Crippen molar-refractivity contribution in [1.29, 1.82) is 0 Å². The van der Waals surface area contributed by atoms with E-state index in [0.717, 1.165) is 15.5 Å². The van der Waals surface area contributed by atoms with Gasteiger partial charge in [0.25, 0.3) is 0 Å². The molecule has 0 unspecified atom stereocenters. The monoisotopic (exact) mass is 487 g/mol. The summed E-state index contributed by atoms with van der Waals surface area (Å²) in [5, 5.41) is 13.8. The molecule has 1 aromatic heterocycles. The molecule has 4 rings (SSSR count). The number of urea groups is 1. The first-order valence-electron chi connectivity index (χ1n) is 11.1. The van der Waals surface area contributed by atoms with Crippen molar-refractivity contribution in [2.75, 3.05) is 24.7 Å². The summed E-state index contributed by atoms with van der Waals surface area (Å²) < 4.78 is 0. The molecule has 2 saturated heterocycles. The fourth-order valence-corrected chi connectivity index (χ4v) is 5.49. The molecule has 4 N–H and O–H groups in total. The van der Waals surface area contributed by atoms with Crippen LogP contribution in [0.15, 0.2) is 46.7 Å². The molecule has 2 aliphatic heterocycles. The normalized spacial score (nSPS) is 22.3. The molecule has 2 aliphatic rings. The predicted molar refractivity (Wildman–Crippen MR) is 131 cm³/mol. The van der Waals surface area contributed by atoms with Crippen molar-refractivity contribution in [1.82, 2.24) is 20.9 Å². The van der Waals surface area contributed by atoms with Crippen LogP contribution in [0, 0.1) is 0 Å². The summed E-state index contributed by atoms with van der Waals surface area (Å²) in [6.07, 6.45) is 3.61. The Hall–Kier alpha value is -2.56. The lowest BCUT2D eigenvalue weighted by atomic mass is 10.0. The van der Waals surface area contributed by atoms with E-state index < -0.39 is 0 Å². The van der Waals surface area contributed by atoms with Crippen LogP contribution in [0.5, 0.6) is 0 Å². The third-order valence-electron chi connectivity index (χ3n) is 6.03. The van der Waals surface area contributed by atoms with Crippen molar-refractivity contribution in [3.63, 3.8) is 0 Å². The molecule has 4 amide bonds. The highest BCUT2D eigenvalue weighted by molar-refractivity contribution is 7.98. The number of nitrogens with zero attached hydrogens (tertiary/aromatic N) is 1. The van der Waals surface area contributed by atoms with Crippen LogP contribution in [0.4, 0.5) is 10.5 Å². The standard InChI is InChI=1S/C23H29N5O3S2/c1-32-18-5-2-4-15(10-18)26-23(31)27-16-11-20-22(30)25-12-17(28(20)14-16)7-8-21(29)24-13-19-6-3-9-33-19/h2-6,9-10,16-17,20H,7-8,11-14H2,1H3,(H,24,29)(H,25,30)(H2,26,27,31)/t16-,17+,20-/m0/s1. The zero-order chi connectivity index (χ0) is 23.2. The third-order valence-corrected chi connectivity index (χ3v) is 7.63. The van der Waals surface area contributed by atoms with Crippen molar-refractivity contribution < 1.29 is 14.4 Å². The van der Waals surface area contributed by atoms with Crippen molar-refractivity contribution in [2.24, 2.45) is 0 Å². The highest BCUT2D eigenvalue weighted by atomic mass is 32.2. The summed E-state index contributed by atoms with van der Waals surface area (Å²) in [5.74, 6) is 0.00310. The molecule has 10 heteroatoms. The van der Waals surface area contributed by atoms with Gasteiger partial charge in [0, 0.05) is 47.1 Å². The molecule has 176 valence electrons. The number of rotatable bonds is 8. The topological polar surface area (TPSA) is 103 Å². The fraction of sp³-hybridized carbons (Fsp3) is 0.435. The highest BCUT2D eigenvalue weighted by Crippen LogP contribution is 2.26. The van der Waals surface area contributed by atoms with Gasteiger partial charge in [-0.05, 0) is 48.7 Å². The van der Waals surface area contributed by atoms with Crippen LogP contribution in [0.3, 0.4) is 0 Å². The molecular formula is C23H29N5O3S2. The average molecular weight is 488 g/mol. The van der Waals surface area contributed by atoms with Gasteiger partial charge < -0.3 is 21.3 Å². The molecule has 0 bridgehead atoms. The van der Waals surface area contributed by atoms with Crippen LogP contribution in [-0.2, 0) is 16.1 Å². The highest BCUT2D eigenvalue weighted by Gasteiger charge is 2.43. The van der Waals surface area contributed by atoms with Gasteiger partial charge in [-0.25, -0.2) is 4.79 Å². The van der Waals surface area contributed by atoms with E-state index in [1.165, 1.54) is 0 Å². The Morgan fingerprint density at radius 3 is 2.94 bits per heavy atom. The van der Waals surface area contributed by atoms with Crippen molar-refractivity contribution in [3.05, 3.63) is 46.7 Å². The molecule has 8 nitrogen and oxygen atoms in total. The number of thioether (sulfide) groups is 1. The molecule has 0 radical (unpaired) electrons. The van der Waals surface area contributed by atoms with E-state index in [1.54, 1.807) is 23.1 Å². The molecule has 2 fully saturated rings. The van der Waals surface area contributed by atoms with Crippen molar-refractivity contribution in [2.45, 2.75) is 48.8 Å². The second-order valence-electron chi connectivity index (χ2n) is 8.27. The molecule has 0 aliphatic carbocycles. The van der Waals surface area contributed by atoms with Gasteiger partial charge >= 0.3 is 6.03 Å². The summed E-state index contributed by atoms with van der Waals surface area (Å²) in [6, 6.07) is 11.0. The second-order valence-corrected chi connectivity index (χ2v) is 10.2. The van der Waals surface area contributed by atoms with Gasteiger partial charge in [0.1, 0.15) is 0 Å². The van der Waals surface area contributed by atoms with Crippen LogP contribution in [0.1, 0.15) is 24.1 Å². The Morgan fingerprint density at radius 2 is 2.15 bits per heavy atom. The summed E-state index contributed by atoms with van der Waals surface area (Å²) in [7, 11) is 0. The molecular weight excluding hydrogens is 458 g/mol. The number of amides is 4. The van der Waals surface area contributed by atoms with Gasteiger partial charge in [-0.2, -0.15) is 0 Å². The lowest BCUT2D eigenvalue weighted by Gasteiger charge is -2.37. The van der Waals surface area contributed by atoms with Gasteiger partial charge in [0.05, 0.1) is 12.6 Å². The van der Waals surface area contributed by atoms with E-state index in [2.05, 4.69) is 26.2 Å². The van der Waals surface area contributed by atoms with Gasteiger partial charge in [-0.1, -0.05) is 12.1 Å². The molecule has 3 heterocycles. The number of hydrogen-bond donors (Lipinski definition) is 4. The number of hydrogen-bond acceptors (Lipinski definition) is 6. The summed E-state index contributed by atoms with van der Waals surface area (Å²) in [6.45, 7) is 1.66. The maximum absolute atomic E-state index is 12.5. The zero-order valence-corrected chi connectivity index (χ0v) is 20.1. The summed E-state index contributed by atoms with van der Waals surface area (Å²) in [4.78, 5) is 41.6. The number of nitrogens with one attached hydrogen (secondary N) is 4. The number of thiophene rings is 1. The fourth-order valence-electron chi connectivity index (χ4n) is 4.39. The van der Waals surface area contributed by atoms with Crippen molar-refractivity contribution >= 4 is 46.6 Å². The number of carbonyl (C=O) groups is 3. The molecule has 3 atom stereocenters. The van der Waals surface area contributed by atoms with Gasteiger partial charge in [-0.15, -0.1) is 23.1 Å². The van der Waals surface area contributed by atoms with Crippen LogP contribution in [-0.4, -0.2) is 60.2 Å². The predicted octanol–water partition coefficient (Wildman–Crippen LogP) is 2.63. The third kappa shape index (κ3) is 6.27. The second kappa shape index (κ2) is 11.0. The lowest BCUT2D eigenvalue weighted by Crippen LogP contribution is -2.58. The van der Waals surface area contributed by atoms with E-state index in [9.17, 15) is 14.4 Å². The Bertz CT molecular complexity index is 984. The van der Waals surface area contributed by atoms with E-state index in [0.29, 0.717) is 38.9 Å². The first kappa shape index (κ1) is 23.6. The average Bonchev–Trinajstić information content (AvgIpc) is 3.48. The molecule has 1 aromatic carbocycles. The number of fused-ring (bicyclic) bond motifs is 1. The minimum absolute atomic E-state index is 0.00854. The number of carbonyl (C=O) groups excluding carboxylic acids is 3. The van der Waals surface area contributed by atoms with Crippen LogP contribution in [0.2, 0.25) is 0 Å². The Balaban J connectivity index is 1.27. The minimum Gasteiger partial charge on any atom is -0.353 e. The zero-order valence-electron chi connectivity index (χ0n) is 18.5. The van der Waals surface area contributed by atoms with Crippen LogP contribution >= 0.6 is 23.1 Å². The van der Waals surface area contributed by atoms with E-state index >= 15 is 0 Å². The van der Waals surface area contributed by atoms with E-state index in [-0.39, 0.29) is 36.0 Å². The molecule has 33 heavy (non-hydrogen) atoms. The largest absolute Gasteiger partial charge is 0.353 e. The first-order valence-corrected chi connectivity index (χ1v) is 13.2. The van der Waals surface area contributed by atoms with E-state index in [4.69, 9.17) is 0 Å². The Morgan fingerprint density at radius 1 is 1.27 bits per heavy atom. The van der Waals surface area contributed by atoms with Crippen LogP contribution < -0.4 is 21.3 Å². The quantitative estimate of drug-likeness (QED) is 0.429. The van der Waals surface area contributed by atoms with E-state index in [1.807, 2.05) is 48.0 Å². The van der Waals surface area contributed by atoms with Gasteiger partial charge in [0.15, 0.2) is 0 Å². The molecule has 0 saturated carbocycles. The number of anilines is 1. The summed E-state index contributed by atoms with van der Waals surface area (Å²) >= 11 is 3.23. The molecule has 2 aromatic rings. The number of piperazine rings is 1. The summed E-state index contributed by atoms with van der Waals surface area (Å²) in [5.41, 5.74) is 0.735. The SMILES string of the molecule is CSc1cccc(NC(=O)N[C@H]2C[C@H]3C(=O)NC[C@@H](CCC(=O)NCc4cccs4)N3C2)c1. The van der Waals surface area contributed by atoms with Crippen molar-refractivity contribution in [3.8, 4) is 0 Å².